The van der Waals surface area contributed by atoms with Gasteiger partial charge in [-0.3, -0.25) is 14.5 Å². The van der Waals surface area contributed by atoms with E-state index in [1.54, 1.807) is 6.07 Å². The van der Waals surface area contributed by atoms with E-state index in [0.29, 0.717) is 11.1 Å². The molecule has 2 aliphatic rings. The lowest BCUT2D eigenvalue weighted by Gasteiger charge is -2.32. The van der Waals surface area contributed by atoms with Crippen molar-refractivity contribution in [3.63, 3.8) is 0 Å². The van der Waals surface area contributed by atoms with Gasteiger partial charge in [0, 0.05) is 53.8 Å². The van der Waals surface area contributed by atoms with Gasteiger partial charge in [-0.05, 0) is 18.2 Å². The third-order valence-electron chi connectivity index (χ3n) is 5.07. The second-order valence-corrected chi connectivity index (χ2v) is 6.62. The second kappa shape index (κ2) is 7.39. The average molecular weight is 363 g/mol. The minimum Gasteiger partial charge on any atom is -0.368 e. The number of terminal acetylenes is 1. The van der Waals surface area contributed by atoms with E-state index >= 15 is 0 Å². The molecule has 0 spiro atoms. The molecule has 0 atom stereocenters. The van der Waals surface area contributed by atoms with Crippen molar-refractivity contribution in [3.05, 3.63) is 41.5 Å². The van der Waals surface area contributed by atoms with E-state index in [1.165, 1.54) is 4.90 Å². The Kier molecular flexibility index (Phi) is 4.80. The van der Waals surface area contributed by atoms with E-state index in [1.807, 2.05) is 24.3 Å². The molecule has 1 saturated heterocycles. The Hall–Kier alpha value is -2.88. The quantitative estimate of drug-likeness (QED) is 0.496. The maximum atomic E-state index is 13.0. The molecule has 2 heterocycles. The average Bonchev–Trinajstić information content (AvgIpc) is 2.71. The molecule has 1 fully saturated rings. The number of nitrogens with one attached hydrogen (secondary N) is 1. The molecule has 0 bridgehead atoms. The second-order valence-electron chi connectivity index (χ2n) is 6.62. The molecule has 4 rings (SSSR count). The molecule has 0 unspecified atom stereocenters. The van der Waals surface area contributed by atoms with Gasteiger partial charge >= 0.3 is 0 Å². The largest absolute Gasteiger partial charge is 0.368 e. The first-order chi connectivity index (χ1) is 13.2. The molecule has 0 aliphatic carbocycles. The van der Waals surface area contributed by atoms with E-state index in [9.17, 15) is 9.59 Å². The fourth-order valence-corrected chi connectivity index (χ4v) is 3.80. The standard InChI is InChI=1S/C21H21N3O3/c1-2-13-27-14-12-24-20(25)16-5-3-4-15-18(23-10-8-22-9-11-23)7-6-17(19(15)16)21(24)26/h1,3-7,22H,8-14H2. The summed E-state index contributed by atoms with van der Waals surface area (Å²) in [6.07, 6.45) is 5.16. The molecule has 0 aromatic heterocycles. The van der Waals surface area contributed by atoms with E-state index in [4.69, 9.17) is 11.2 Å². The number of amides is 2. The molecular weight excluding hydrogens is 342 g/mol. The summed E-state index contributed by atoms with van der Waals surface area (Å²) in [4.78, 5) is 29.4. The topological polar surface area (TPSA) is 61.9 Å². The van der Waals surface area contributed by atoms with Gasteiger partial charge in [-0.1, -0.05) is 18.1 Å². The van der Waals surface area contributed by atoms with Crippen LogP contribution in [0, 0.1) is 12.3 Å². The molecular formula is C21H21N3O3. The number of rotatable bonds is 5. The smallest absolute Gasteiger partial charge is 0.261 e. The van der Waals surface area contributed by atoms with Crippen molar-refractivity contribution in [2.24, 2.45) is 0 Å². The zero-order chi connectivity index (χ0) is 18.8. The third kappa shape index (κ3) is 3.05. The normalized spacial score (nSPS) is 16.7. The Morgan fingerprint density at radius 2 is 1.81 bits per heavy atom. The number of benzene rings is 2. The Labute approximate surface area is 158 Å². The van der Waals surface area contributed by atoms with Crippen LogP contribution in [0.15, 0.2) is 30.3 Å². The monoisotopic (exact) mass is 363 g/mol. The molecule has 6 heteroatoms. The lowest BCUT2D eigenvalue weighted by Crippen LogP contribution is -2.44. The van der Waals surface area contributed by atoms with Crippen LogP contribution in [-0.4, -0.2) is 62.7 Å². The molecule has 0 saturated carbocycles. The van der Waals surface area contributed by atoms with Crippen molar-refractivity contribution >= 4 is 28.3 Å². The zero-order valence-electron chi connectivity index (χ0n) is 15.0. The maximum Gasteiger partial charge on any atom is 0.261 e. The first-order valence-electron chi connectivity index (χ1n) is 9.11. The zero-order valence-corrected chi connectivity index (χ0v) is 15.0. The summed E-state index contributed by atoms with van der Waals surface area (Å²) < 4.78 is 5.25. The Morgan fingerprint density at radius 3 is 2.56 bits per heavy atom. The highest BCUT2D eigenvalue weighted by atomic mass is 16.5. The Balaban J connectivity index is 1.73. The van der Waals surface area contributed by atoms with Crippen LogP contribution in [0.3, 0.4) is 0 Å². The van der Waals surface area contributed by atoms with Gasteiger partial charge in [0.2, 0.25) is 0 Å². The van der Waals surface area contributed by atoms with Gasteiger partial charge in [0.25, 0.3) is 11.8 Å². The van der Waals surface area contributed by atoms with E-state index in [0.717, 1.165) is 42.6 Å². The molecule has 0 radical (unpaired) electrons. The summed E-state index contributed by atoms with van der Waals surface area (Å²) in [5.41, 5.74) is 2.20. The number of piperazine rings is 1. The minimum absolute atomic E-state index is 0.163. The van der Waals surface area contributed by atoms with Crippen LogP contribution in [0.4, 0.5) is 5.69 Å². The van der Waals surface area contributed by atoms with Crippen molar-refractivity contribution in [1.82, 2.24) is 10.2 Å². The summed E-state index contributed by atoms with van der Waals surface area (Å²) in [5, 5.41) is 5.05. The lowest BCUT2D eigenvalue weighted by atomic mass is 9.92. The number of ether oxygens (including phenoxy) is 1. The van der Waals surface area contributed by atoms with Gasteiger partial charge in [-0.25, -0.2) is 0 Å². The van der Waals surface area contributed by atoms with Crippen molar-refractivity contribution in [3.8, 4) is 12.3 Å². The fraction of sp³-hybridized carbons (Fsp3) is 0.333. The van der Waals surface area contributed by atoms with Crippen LogP contribution in [0.25, 0.3) is 10.8 Å². The fourth-order valence-electron chi connectivity index (χ4n) is 3.80. The molecule has 2 aromatic carbocycles. The van der Waals surface area contributed by atoms with Crippen LogP contribution in [0.5, 0.6) is 0 Å². The molecule has 2 amide bonds. The van der Waals surface area contributed by atoms with Crippen molar-refractivity contribution in [2.45, 2.75) is 0 Å². The first-order valence-corrected chi connectivity index (χ1v) is 9.11. The van der Waals surface area contributed by atoms with Crippen LogP contribution in [-0.2, 0) is 4.74 Å². The highest BCUT2D eigenvalue weighted by Crippen LogP contribution is 2.36. The summed E-state index contributed by atoms with van der Waals surface area (Å²) in [7, 11) is 0. The number of carbonyl (C=O) groups is 2. The van der Waals surface area contributed by atoms with E-state index in [2.05, 4.69) is 16.1 Å². The Bertz CT molecular complexity index is 919. The number of nitrogens with zero attached hydrogens (tertiary/aromatic N) is 2. The molecule has 27 heavy (non-hydrogen) atoms. The van der Waals surface area contributed by atoms with Crippen LogP contribution >= 0.6 is 0 Å². The van der Waals surface area contributed by atoms with Gasteiger partial charge in [0.15, 0.2) is 0 Å². The number of imide groups is 1. The van der Waals surface area contributed by atoms with Crippen molar-refractivity contribution in [1.29, 1.82) is 0 Å². The van der Waals surface area contributed by atoms with Gasteiger partial charge in [-0.2, -0.15) is 0 Å². The lowest BCUT2D eigenvalue weighted by molar-refractivity contribution is 0.0545. The Morgan fingerprint density at radius 1 is 1.07 bits per heavy atom. The highest BCUT2D eigenvalue weighted by Gasteiger charge is 2.33. The molecule has 1 N–H and O–H groups in total. The van der Waals surface area contributed by atoms with E-state index in [-0.39, 0.29) is 31.6 Å². The van der Waals surface area contributed by atoms with Crippen molar-refractivity contribution < 1.29 is 14.3 Å². The van der Waals surface area contributed by atoms with E-state index < -0.39 is 0 Å². The number of carbonyl (C=O) groups excluding carboxylic acids is 2. The van der Waals surface area contributed by atoms with Gasteiger partial charge in [0.05, 0.1) is 13.2 Å². The number of anilines is 1. The van der Waals surface area contributed by atoms with Crippen molar-refractivity contribution in [2.75, 3.05) is 50.8 Å². The minimum atomic E-state index is -0.278. The first kappa shape index (κ1) is 17.5. The van der Waals surface area contributed by atoms with Crippen LogP contribution in [0.1, 0.15) is 20.7 Å². The predicted molar refractivity (Wildman–Crippen MR) is 104 cm³/mol. The van der Waals surface area contributed by atoms with Gasteiger partial charge in [0.1, 0.15) is 6.61 Å². The predicted octanol–water partition coefficient (Wildman–Crippen LogP) is 1.50. The number of hydrogen-bond donors (Lipinski definition) is 1. The summed E-state index contributed by atoms with van der Waals surface area (Å²) in [6.45, 7) is 4.23. The van der Waals surface area contributed by atoms with Gasteiger partial charge in [-0.15, -0.1) is 6.42 Å². The summed E-state index contributed by atoms with van der Waals surface area (Å²) in [5.74, 6) is 1.82. The number of hydrogen-bond acceptors (Lipinski definition) is 5. The third-order valence-corrected chi connectivity index (χ3v) is 5.07. The molecule has 138 valence electrons. The summed E-state index contributed by atoms with van der Waals surface area (Å²) in [6, 6.07) is 9.50. The van der Waals surface area contributed by atoms with Gasteiger partial charge < -0.3 is 15.0 Å². The van der Waals surface area contributed by atoms with Crippen LogP contribution in [0.2, 0.25) is 0 Å². The molecule has 2 aromatic rings. The SMILES string of the molecule is C#CCOCCN1C(=O)c2cccc3c(N4CCNCC4)ccc(c23)C1=O. The van der Waals surface area contributed by atoms with Crippen LogP contribution < -0.4 is 10.2 Å². The highest BCUT2D eigenvalue weighted by molar-refractivity contribution is 6.26. The maximum absolute atomic E-state index is 13.0. The molecule has 6 nitrogen and oxygen atoms in total. The summed E-state index contributed by atoms with van der Waals surface area (Å²) >= 11 is 0. The molecule has 2 aliphatic heterocycles.